The average molecular weight is 547 g/mol. The van der Waals surface area contributed by atoms with Crippen LogP contribution in [0.2, 0.25) is 0 Å². The third-order valence-electron chi connectivity index (χ3n) is 5.82. The number of imidazole rings is 1. The molecule has 0 radical (unpaired) electrons. The number of nitrogens with two attached hydrogens (primary N) is 1. The minimum atomic E-state index is -1.24. The van der Waals surface area contributed by atoms with Crippen LogP contribution >= 0.6 is 11.8 Å². The smallest absolute Gasteiger partial charge is 0.326 e. The molecule has 1 heterocycles. The molecule has 3 amide bonds. The number of nitrogens with zero attached hydrogens (tertiary/aromatic N) is 1. The first kappa shape index (κ1) is 30.8. The van der Waals surface area contributed by atoms with Crippen molar-refractivity contribution in [3.8, 4) is 0 Å². The van der Waals surface area contributed by atoms with E-state index in [0.717, 1.165) is 5.56 Å². The molecule has 0 bridgehead atoms. The number of carbonyl (C=O) groups is 4. The molecule has 208 valence electrons. The topological polar surface area (TPSA) is 179 Å². The number of aromatic amines is 1. The van der Waals surface area contributed by atoms with Gasteiger partial charge in [-0.2, -0.15) is 11.8 Å². The number of H-pyrrole nitrogens is 1. The summed E-state index contributed by atoms with van der Waals surface area (Å²) in [6.45, 7) is 3.84. The van der Waals surface area contributed by atoms with E-state index < -0.39 is 47.9 Å². The molecule has 1 aromatic carbocycles. The molecule has 0 saturated carbocycles. The van der Waals surface area contributed by atoms with Crippen molar-refractivity contribution in [3.63, 3.8) is 0 Å². The van der Waals surface area contributed by atoms with Crippen molar-refractivity contribution in [1.29, 1.82) is 0 Å². The number of hydrogen-bond acceptors (Lipinski definition) is 7. The first-order valence-electron chi connectivity index (χ1n) is 12.5. The highest BCUT2D eigenvalue weighted by Crippen LogP contribution is 2.10. The van der Waals surface area contributed by atoms with Crippen LogP contribution in [-0.4, -0.2) is 74.9 Å². The molecule has 4 unspecified atom stereocenters. The predicted molar refractivity (Wildman–Crippen MR) is 146 cm³/mol. The molecule has 0 aliphatic carbocycles. The Morgan fingerprint density at radius 3 is 2.18 bits per heavy atom. The van der Waals surface area contributed by atoms with Crippen molar-refractivity contribution >= 4 is 35.5 Å². The highest BCUT2D eigenvalue weighted by atomic mass is 32.2. The number of amides is 3. The molecule has 0 spiro atoms. The summed E-state index contributed by atoms with van der Waals surface area (Å²) in [4.78, 5) is 57.9. The Labute approximate surface area is 227 Å². The van der Waals surface area contributed by atoms with E-state index in [4.69, 9.17) is 5.73 Å². The van der Waals surface area contributed by atoms with Gasteiger partial charge in [0.15, 0.2) is 0 Å². The Bertz CT molecular complexity index is 1030. The Hall–Kier alpha value is -3.38. The summed E-state index contributed by atoms with van der Waals surface area (Å²) in [6.07, 6.45) is 5.75. The van der Waals surface area contributed by atoms with Gasteiger partial charge in [-0.1, -0.05) is 44.2 Å². The minimum absolute atomic E-state index is 0.00690. The molecule has 2 rings (SSSR count). The van der Waals surface area contributed by atoms with Crippen LogP contribution in [0.4, 0.5) is 0 Å². The second-order valence-corrected chi connectivity index (χ2v) is 10.5. The number of nitrogens with one attached hydrogen (secondary N) is 4. The summed E-state index contributed by atoms with van der Waals surface area (Å²) < 4.78 is 0. The molecule has 2 aromatic rings. The zero-order chi connectivity index (χ0) is 28.1. The maximum absolute atomic E-state index is 13.4. The van der Waals surface area contributed by atoms with Gasteiger partial charge in [0.2, 0.25) is 17.7 Å². The minimum Gasteiger partial charge on any atom is -0.480 e. The van der Waals surface area contributed by atoms with E-state index in [9.17, 15) is 24.3 Å². The van der Waals surface area contributed by atoms with E-state index in [1.807, 2.05) is 50.4 Å². The number of thioether (sulfide) groups is 1. The average Bonchev–Trinajstić information content (AvgIpc) is 3.39. The van der Waals surface area contributed by atoms with Gasteiger partial charge in [-0.05, 0) is 36.3 Å². The van der Waals surface area contributed by atoms with Crippen LogP contribution < -0.4 is 21.7 Å². The molecule has 7 N–H and O–H groups in total. The molecule has 0 aliphatic heterocycles. The molecule has 0 aliphatic rings. The number of aliphatic carboxylic acids is 1. The highest BCUT2D eigenvalue weighted by molar-refractivity contribution is 7.98. The molecule has 12 heteroatoms. The molecular weight excluding hydrogens is 508 g/mol. The lowest BCUT2D eigenvalue weighted by molar-refractivity contribution is -0.142. The largest absolute Gasteiger partial charge is 0.480 e. The van der Waals surface area contributed by atoms with E-state index in [0.29, 0.717) is 24.3 Å². The first-order valence-corrected chi connectivity index (χ1v) is 13.9. The van der Waals surface area contributed by atoms with Gasteiger partial charge in [0.1, 0.15) is 18.1 Å². The lowest BCUT2D eigenvalue weighted by Crippen LogP contribution is -2.58. The monoisotopic (exact) mass is 546 g/mol. The van der Waals surface area contributed by atoms with Gasteiger partial charge in [-0.3, -0.25) is 14.4 Å². The first-order chi connectivity index (χ1) is 18.1. The second kappa shape index (κ2) is 15.8. The predicted octanol–water partition coefficient (Wildman–Crippen LogP) is 0.860. The van der Waals surface area contributed by atoms with Crippen molar-refractivity contribution in [1.82, 2.24) is 25.9 Å². The van der Waals surface area contributed by atoms with E-state index in [1.165, 1.54) is 12.5 Å². The Balaban J connectivity index is 2.21. The van der Waals surface area contributed by atoms with Crippen LogP contribution in [-0.2, 0) is 32.0 Å². The van der Waals surface area contributed by atoms with Gasteiger partial charge in [0.05, 0.1) is 12.4 Å². The number of aromatic nitrogens is 2. The Morgan fingerprint density at radius 2 is 1.61 bits per heavy atom. The van der Waals surface area contributed by atoms with Crippen molar-refractivity contribution in [2.24, 2.45) is 11.7 Å². The summed E-state index contributed by atoms with van der Waals surface area (Å²) in [5.41, 5.74) is 7.30. The van der Waals surface area contributed by atoms with Crippen LogP contribution in [0.5, 0.6) is 0 Å². The molecular formula is C26H38N6O5S. The third kappa shape index (κ3) is 10.5. The Kier molecular flexibility index (Phi) is 12.8. The van der Waals surface area contributed by atoms with Gasteiger partial charge in [0.25, 0.3) is 0 Å². The number of carboxylic acid groups (broad SMARTS) is 1. The van der Waals surface area contributed by atoms with E-state index in [-0.39, 0.29) is 18.8 Å². The number of carboxylic acids is 1. The Morgan fingerprint density at radius 1 is 0.974 bits per heavy atom. The molecule has 1 aromatic heterocycles. The number of benzene rings is 1. The van der Waals surface area contributed by atoms with Gasteiger partial charge >= 0.3 is 5.97 Å². The highest BCUT2D eigenvalue weighted by Gasteiger charge is 2.31. The van der Waals surface area contributed by atoms with Crippen LogP contribution in [0.15, 0.2) is 42.9 Å². The lowest BCUT2D eigenvalue weighted by Gasteiger charge is -2.26. The van der Waals surface area contributed by atoms with Crippen molar-refractivity contribution in [3.05, 3.63) is 54.1 Å². The van der Waals surface area contributed by atoms with Crippen LogP contribution in [0, 0.1) is 5.92 Å². The summed E-state index contributed by atoms with van der Waals surface area (Å²) >= 11 is 1.57. The molecule has 4 atom stereocenters. The fourth-order valence-electron chi connectivity index (χ4n) is 3.78. The SMILES string of the molecule is CSCCC(N)C(=O)NC(CC(C)C)C(=O)NC(Cc1ccccc1)C(=O)NC(Cc1cnc[nH]1)C(=O)O. The number of carbonyl (C=O) groups excluding carboxylic acids is 3. The fourth-order valence-corrected chi connectivity index (χ4v) is 4.27. The summed E-state index contributed by atoms with van der Waals surface area (Å²) in [5, 5.41) is 17.7. The zero-order valence-electron chi connectivity index (χ0n) is 22.0. The van der Waals surface area contributed by atoms with Crippen LogP contribution in [0.25, 0.3) is 0 Å². The van der Waals surface area contributed by atoms with E-state index in [1.54, 1.807) is 11.8 Å². The van der Waals surface area contributed by atoms with Gasteiger partial charge < -0.3 is 31.8 Å². The summed E-state index contributed by atoms with van der Waals surface area (Å²) in [7, 11) is 0. The standard InChI is InChI=1S/C26H38N6O5S/c1-16(2)11-20(30-23(33)19(27)9-10-38-3)24(34)31-21(12-17-7-5-4-6-8-17)25(35)32-22(26(36)37)13-18-14-28-15-29-18/h4-8,14-16,19-22H,9-13,27H2,1-3H3,(H,28,29)(H,30,33)(H,31,34)(H,32,35)(H,36,37). The molecule has 11 nitrogen and oxygen atoms in total. The normalized spacial score (nSPS) is 14.2. The van der Waals surface area contributed by atoms with Gasteiger partial charge in [-0.15, -0.1) is 0 Å². The summed E-state index contributed by atoms with van der Waals surface area (Å²) in [6, 6.07) is 5.08. The molecule has 0 fully saturated rings. The fraction of sp³-hybridized carbons (Fsp3) is 0.500. The van der Waals surface area contributed by atoms with Crippen LogP contribution in [0.1, 0.15) is 37.9 Å². The quantitative estimate of drug-likeness (QED) is 0.179. The zero-order valence-corrected chi connectivity index (χ0v) is 22.8. The number of rotatable bonds is 16. The second-order valence-electron chi connectivity index (χ2n) is 9.51. The maximum atomic E-state index is 13.4. The van der Waals surface area contributed by atoms with E-state index >= 15 is 0 Å². The summed E-state index contributed by atoms with van der Waals surface area (Å²) in [5.74, 6) is -2.07. The van der Waals surface area contributed by atoms with Gasteiger partial charge in [-0.25, -0.2) is 9.78 Å². The van der Waals surface area contributed by atoms with Crippen molar-refractivity contribution < 1.29 is 24.3 Å². The van der Waals surface area contributed by atoms with Gasteiger partial charge in [0, 0.05) is 24.7 Å². The molecule has 38 heavy (non-hydrogen) atoms. The van der Waals surface area contributed by atoms with Crippen molar-refractivity contribution in [2.75, 3.05) is 12.0 Å². The van der Waals surface area contributed by atoms with Crippen molar-refractivity contribution in [2.45, 2.75) is 63.7 Å². The lowest BCUT2D eigenvalue weighted by atomic mass is 10.0. The third-order valence-corrected chi connectivity index (χ3v) is 6.46. The number of hydrogen-bond donors (Lipinski definition) is 6. The maximum Gasteiger partial charge on any atom is 0.326 e. The van der Waals surface area contributed by atoms with E-state index in [2.05, 4.69) is 25.9 Å². The molecule has 0 saturated heterocycles. The van der Waals surface area contributed by atoms with Crippen LogP contribution in [0.3, 0.4) is 0 Å².